The molecule has 2 fully saturated rings. The number of cyclic esters (lactones) is 4. The second kappa shape index (κ2) is 22.3. The molecule has 0 saturated carbocycles. The Kier molecular flexibility index (Phi) is 18.8. The minimum atomic E-state index is -1.74. The van der Waals surface area contributed by atoms with Crippen LogP contribution in [0.15, 0.2) is 0 Å². The molecular weight excluding hydrogens is 544 g/mol. The number of esters is 4. The van der Waals surface area contributed by atoms with Crippen molar-refractivity contribution in [3.05, 3.63) is 0 Å². The van der Waals surface area contributed by atoms with E-state index in [9.17, 15) is 19.2 Å². The van der Waals surface area contributed by atoms with Crippen molar-refractivity contribution in [2.45, 2.75) is 12.2 Å². The summed E-state index contributed by atoms with van der Waals surface area (Å²) in [5, 5.41) is 0. The molecule has 0 aromatic rings. The molecule has 0 aromatic heterocycles. The van der Waals surface area contributed by atoms with Gasteiger partial charge in [0.1, 0.15) is 26.4 Å². The molecule has 0 atom stereocenters. The van der Waals surface area contributed by atoms with Crippen molar-refractivity contribution in [2.75, 3.05) is 119 Å². The minimum Gasteiger partial charge on any atom is -0.461 e. The van der Waals surface area contributed by atoms with Crippen molar-refractivity contribution in [3.63, 3.8) is 0 Å². The summed E-state index contributed by atoms with van der Waals surface area (Å²) in [5.74, 6) is -4.03. The van der Waals surface area contributed by atoms with E-state index in [1.165, 1.54) is 0 Å². The van der Waals surface area contributed by atoms with Crippen molar-refractivity contribution in [2.24, 2.45) is 0 Å². The number of carbonyl (C=O) groups excluding carboxylic acids is 4. The molecule has 230 valence electrons. The van der Waals surface area contributed by atoms with Gasteiger partial charge >= 0.3 is 23.9 Å². The van der Waals surface area contributed by atoms with E-state index in [1.54, 1.807) is 0 Å². The topological polar surface area (TPSA) is 179 Å². The zero-order valence-electron chi connectivity index (χ0n) is 22.4. The maximum Gasteiger partial charge on any atom is 0.347 e. The quantitative estimate of drug-likeness (QED) is 0.151. The van der Waals surface area contributed by atoms with Gasteiger partial charge in [0.2, 0.25) is 0 Å². The fourth-order valence-corrected chi connectivity index (χ4v) is 2.99. The first-order valence-corrected chi connectivity index (χ1v) is 13.0. The van der Waals surface area contributed by atoms with Gasteiger partial charge in [-0.2, -0.15) is 0 Å². The van der Waals surface area contributed by atoms with E-state index in [0.29, 0.717) is 26.4 Å². The van der Waals surface area contributed by atoms with Crippen molar-refractivity contribution < 1.29 is 76.0 Å². The number of ether oxygens (including phenoxy) is 12. The molecule has 2 saturated heterocycles. The third kappa shape index (κ3) is 15.4. The van der Waals surface area contributed by atoms with E-state index in [4.69, 9.17) is 56.8 Å². The van der Waals surface area contributed by atoms with E-state index < -0.39 is 36.1 Å². The molecule has 16 heteroatoms. The molecular formula is C24H38O16. The summed E-state index contributed by atoms with van der Waals surface area (Å²) in [6, 6.07) is 0. The summed E-state index contributed by atoms with van der Waals surface area (Å²) in [5.41, 5.74) is 0. The summed E-state index contributed by atoms with van der Waals surface area (Å²) >= 11 is 0. The highest BCUT2D eigenvalue weighted by Crippen LogP contribution is 2.05. The van der Waals surface area contributed by atoms with Gasteiger partial charge < -0.3 is 56.8 Å². The minimum absolute atomic E-state index is 0.0756. The third-order valence-electron chi connectivity index (χ3n) is 4.88. The van der Waals surface area contributed by atoms with Crippen LogP contribution in [0.2, 0.25) is 0 Å². The summed E-state index contributed by atoms with van der Waals surface area (Å²) in [6.45, 7) is 1.53. The number of hydrogen-bond donors (Lipinski definition) is 0. The molecule has 0 amide bonds. The first kappa shape index (κ1) is 33.8. The summed E-state index contributed by atoms with van der Waals surface area (Å²) in [4.78, 5) is 49.8. The Morgan fingerprint density at radius 3 is 0.800 bits per heavy atom. The first-order chi connectivity index (χ1) is 19.6. The van der Waals surface area contributed by atoms with Crippen LogP contribution in [0.25, 0.3) is 0 Å². The molecule has 40 heavy (non-hydrogen) atoms. The van der Waals surface area contributed by atoms with Crippen molar-refractivity contribution >= 4 is 23.9 Å². The van der Waals surface area contributed by atoms with Gasteiger partial charge in [-0.1, -0.05) is 0 Å². The maximum absolute atomic E-state index is 12.5. The third-order valence-corrected chi connectivity index (χ3v) is 4.88. The second-order valence-electron chi connectivity index (χ2n) is 7.85. The molecule has 2 aliphatic rings. The van der Waals surface area contributed by atoms with Gasteiger partial charge in [0, 0.05) is 0 Å². The predicted octanol–water partition coefficient (Wildman–Crippen LogP) is -1.94. The standard InChI is InChI=1S/C24H38O16/c25-21-19(22(26)38-14-10-32-6-2-29-1-5-31-9-13-37-21)35-17-18-36-20-23(27)39-15-11-33-7-3-30-4-8-34-12-16-40-24(20)28/h19-20H,1-18H2. The lowest BCUT2D eigenvalue weighted by atomic mass is 10.3. The van der Waals surface area contributed by atoms with Gasteiger partial charge in [-0.3, -0.25) is 0 Å². The highest BCUT2D eigenvalue weighted by atomic mass is 16.6. The predicted molar refractivity (Wildman–Crippen MR) is 128 cm³/mol. The van der Waals surface area contributed by atoms with Gasteiger partial charge in [0.15, 0.2) is 0 Å². The lowest BCUT2D eigenvalue weighted by Crippen LogP contribution is -2.40. The zero-order chi connectivity index (χ0) is 28.7. The first-order valence-electron chi connectivity index (χ1n) is 13.0. The molecule has 0 aromatic carbocycles. The van der Waals surface area contributed by atoms with Crippen LogP contribution in [-0.4, -0.2) is 155 Å². The Labute approximate surface area is 231 Å². The smallest absolute Gasteiger partial charge is 0.347 e. The van der Waals surface area contributed by atoms with E-state index in [0.717, 1.165) is 0 Å². The molecule has 16 nitrogen and oxygen atoms in total. The molecule has 2 heterocycles. The Morgan fingerprint density at radius 2 is 0.575 bits per heavy atom. The summed E-state index contributed by atoms with van der Waals surface area (Å²) < 4.78 is 62.5. The molecule has 0 N–H and O–H groups in total. The van der Waals surface area contributed by atoms with E-state index in [2.05, 4.69) is 0 Å². The fourth-order valence-electron chi connectivity index (χ4n) is 2.99. The van der Waals surface area contributed by atoms with Crippen LogP contribution >= 0.6 is 0 Å². The number of hydrogen-bond acceptors (Lipinski definition) is 16. The van der Waals surface area contributed by atoms with Gasteiger partial charge in [-0.25, -0.2) is 19.2 Å². The normalized spacial score (nSPS) is 22.5. The Morgan fingerprint density at radius 1 is 0.375 bits per heavy atom. The highest BCUT2D eigenvalue weighted by molar-refractivity contribution is 5.98. The van der Waals surface area contributed by atoms with Crippen LogP contribution in [0, 0.1) is 0 Å². The fraction of sp³-hybridized carbons (Fsp3) is 0.833. The van der Waals surface area contributed by atoms with Crippen LogP contribution < -0.4 is 0 Å². The lowest BCUT2D eigenvalue weighted by molar-refractivity contribution is -0.183. The Balaban J connectivity index is 1.88. The molecule has 0 spiro atoms. The average molecular weight is 583 g/mol. The van der Waals surface area contributed by atoms with Crippen LogP contribution in [0.3, 0.4) is 0 Å². The number of carbonyl (C=O) groups is 4. The molecule has 0 aliphatic carbocycles. The van der Waals surface area contributed by atoms with Crippen LogP contribution in [0.5, 0.6) is 0 Å². The average Bonchev–Trinajstić information content (AvgIpc) is 2.94. The molecule has 0 radical (unpaired) electrons. The zero-order valence-corrected chi connectivity index (χ0v) is 22.4. The second-order valence-corrected chi connectivity index (χ2v) is 7.85. The van der Waals surface area contributed by atoms with E-state index in [1.807, 2.05) is 0 Å². The Bertz CT molecular complexity index is 620. The van der Waals surface area contributed by atoms with Crippen molar-refractivity contribution in [1.82, 2.24) is 0 Å². The molecule has 2 rings (SSSR count). The van der Waals surface area contributed by atoms with E-state index in [-0.39, 0.29) is 92.5 Å². The monoisotopic (exact) mass is 582 g/mol. The van der Waals surface area contributed by atoms with Crippen LogP contribution in [-0.2, 0) is 76.0 Å². The maximum atomic E-state index is 12.5. The molecule has 0 bridgehead atoms. The number of rotatable bonds is 5. The van der Waals surface area contributed by atoms with Crippen LogP contribution in [0.4, 0.5) is 0 Å². The van der Waals surface area contributed by atoms with Gasteiger partial charge in [-0.05, 0) is 0 Å². The van der Waals surface area contributed by atoms with Crippen molar-refractivity contribution in [1.29, 1.82) is 0 Å². The van der Waals surface area contributed by atoms with Crippen molar-refractivity contribution in [3.8, 4) is 0 Å². The van der Waals surface area contributed by atoms with Crippen LogP contribution in [0.1, 0.15) is 0 Å². The highest BCUT2D eigenvalue weighted by Gasteiger charge is 2.33. The SMILES string of the molecule is O=C1OCCOCCOCCOCCOC(=O)C1OCCOC1C(=O)OCCOCCOCCOCCOC1=O. The van der Waals surface area contributed by atoms with Gasteiger partial charge in [0.05, 0.1) is 92.5 Å². The Hall–Kier alpha value is -2.44. The molecule has 2 aliphatic heterocycles. The largest absolute Gasteiger partial charge is 0.461 e. The van der Waals surface area contributed by atoms with Gasteiger partial charge in [-0.15, -0.1) is 0 Å². The molecule has 0 unspecified atom stereocenters. The van der Waals surface area contributed by atoms with E-state index >= 15 is 0 Å². The summed E-state index contributed by atoms with van der Waals surface area (Å²) in [6.07, 6.45) is -3.48. The summed E-state index contributed by atoms with van der Waals surface area (Å²) in [7, 11) is 0. The lowest BCUT2D eigenvalue weighted by Gasteiger charge is -2.19. The van der Waals surface area contributed by atoms with Gasteiger partial charge in [0.25, 0.3) is 12.2 Å².